The zero-order valence-corrected chi connectivity index (χ0v) is 9.63. The summed E-state index contributed by atoms with van der Waals surface area (Å²) in [6.45, 7) is 5.24. The van der Waals surface area contributed by atoms with E-state index in [4.69, 9.17) is 0 Å². The molecule has 0 aliphatic heterocycles. The number of likely N-dealkylation sites (N-methyl/N-ethyl adjacent to an activating group) is 1. The first-order valence-electron chi connectivity index (χ1n) is 5.54. The van der Waals surface area contributed by atoms with Crippen LogP contribution in [0.25, 0.3) is 10.9 Å². The van der Waals surface area contributed by atoms with Gasteiger partial charge in [0, 0.05) is 22.7 Å². The molecule has 0 radical (unpaired) electrons. The predicted molar refractivity (Wildman–Crippen MR) is 65.9 cm³/mol. The molecular formula is C13H16N2O. The van der Waals surface area contributed by atoms with Crippen molar-refractivity contribution in [2.45, 2.75) is 13.8 Å². The molecule has 0 fully saturated rings. The molecule has 0 amide bonds. The number of nitrogens with one attached hydrogen (secondary N) is 2. The van der Waals surface area contributed by atoms with Gasteiger partial charge in [-0.05, 0) is 19.0 Å². The highest BCUT2D eigenvalue weighted by Crippen LogP contribution is 2.21. The number of hydrogen-bond acceptors (Lipinski definition) is 2. The van der Waals surface area contributed by atoms with Crippen LogP contribution >= 0.6 is 0 Å². The van der Waals surface area contributed by atoms with E-state index in [1.165, 1.54) is 5.56 Å². The number of Topliss-reactive ketones (excluding diaryl/α,β-unsaturated/α-hetero) is 1. The van der Waals surface area contributed by atoms with Crippen molar-refractivity contribution in [2.24, 2.45) is 0 Å². The Morgan fingerprint density at radius 3 is 3.00 bits per heavy atom. The molecule has 2 rings (SSSR count). The van der Waals surface area contributed by atoms with Crippen LogP contribution < -0.4 is 5.32 Å². The normalized spacial score (nSPS) is 10.9. The highest BCUT2D eigenvalue weighted by Gasteiger charge is 2.11. The lowest BCUT2D eigenvalue weighted by Crippen LogP contribution is -2.22. The van der Waals surface area contributed by atoms with Crippen molar-refractivity contribution in [1.82, 2.24) is 10.3 Å². The molecule has 2 N–H and O–H groups in total. The summed E-state index contributed by atoms with van der Waals surface area (Å²) in [4.78, 5) is 15.1. The van der Waals surface area contributed by atoms with Crippen LogP contribution in [-0.4, -0.2) is 23.9 Å². The second kappa shape index (κ2) is 4.49. The molecule has 0 aliphatic rings. The van der Waals surface area contributed by atoms with E-state index in [2.05, 4.69) is 10.3 Å². The second-order valence-corrected chi connectivity index (χ2v) is 3.90. The van der Waals surface area contributed by atoms with Crippen LogP contribution in [0.1, 0.15) is 22.8 Å². The Bertz CT molecular complexity index is 514. The molecule has 1 aromatic carbocycles. The fourth-order valence-corrected chi connectivity index (χ4v) is 1.87. The quantitative estimate of drug-likeness (QED) is 0.770. The summed E-state index contributed by atoms with van der Waals surface area (Å²) < 4.78 is 0. The summed E-state index contributed by atoms with van der Waals surface area (Å²) in [7, 11) is 0. The minimum Gasteiger partial charge on any atom is -0.360 e. The van der Waals surface area contributed by atoms with Crippen LogP contribution in [-0.2, 0) is 0 Å². The predicted octanol–water partition coefficient (Wildman–Crippen LogP) is 2.27. The number of aromatic nitrogens is 1. The van der Waals surface area contributed by atoms with E-state index in [1.54, 1.807) is 6.20 Å². The van der Waals surface area contributed by atoms with Gasteiger partial charge >= 0.3 is 0 Å². The maximum atomic E-state index is 11.9. The number of aromatic amines is 1. The molecular weight excluding hydrogens is 200 g/mol. The first kappa shape index (κ1) is 10.9. The number of fused-ring (bicyclic) bond motifs is 1. The number of para-hydroxylation sites is 1. The molecule has 1 heterocycles. The van der Waals surface area contributed by atoms with Crippen molar-refractivity contribution in [3.8, 4) is 0 Å². The van der Waals surface area contributed by atoms with Crippen molar-refractivity contribution >= 4 is 16.7 Å². The van der Waals surface area contributed by atoms with Crippen molar-refractivity contribution in [2.75, 3.05) is 13.1 Å². The van der Waals surface area contributed by atoms with Gasteiger partial charge in [-0.15, -0.1) is 0 Å². The average Bonchev–Trinajstić information content (AvgIpc) is 2.71. The van der Waals surface area contributed by atoms with Gasteiger partial charge in [-0.1, -0.05) is 25.1 Å². The number of ketones is 1. The Kier molecular flexibility index (Phi) is 3.06. The van der Waals surface area contributed by atoms with Gasteiger partial charge in [0.2, 0.25) is 0 Å². The van der Waals surface area contributed by atoms with Crippen LogP contribution in [0.3, 0.4) is 0 Å². The number of rotatable bonds is 4. The Labute approximate surface area is 94.9 Å². The summed E-state index contributed by atoms with van der Waals surface area (Å²) in [6, 6.07) is 6.00. The first-order valence-corrected chi connectivity index (χ1v) is 5.54. The molecule has 3 heteroatoms. The summed E-state index contributed by atoms with van der Waals surface area (Å²) in [5.74, 6) is 0.138. The molecule has 0 bridgehead atoms. The van der Waals surface area contributed by atoms with Gasteiger partial charge in [0.05, 0.1) is 6.54 Å². The summed E-state index contributed by atoms with van der Waals surface area (Å²) in [6.07, 6.45) is 1.80. The van der Waals surface area contributed by atoms with Gasteiger partial charge in [-0.2, -0.15) is 0 Å². The Balaban J connectivity index is 2.38. The number of carbonyl (C=O) groups is 1. The number of hydrogen-bond donors (Lipinski definition) is 2. The third-order valence-electron chi connectivity index (χ3n) is 2.76. The fraction of sp³-hybridized carbons (Fsp3) is 0.308. The van der Waals surface area contributed by atoms with Gasteiger partial charge in [0.25, 0.3) is 0 Å². The van der Waals surface area contributed by atoms with E-state index in [-0.39, 0.29) is 5.78 Å². The van der Waals surface area contributed by atoms with E-state index in [0.29, 0.717) is 6.54 Å². The van der Waals surface area contributed by atoms with E-state index in [9.17, 15) is 4.79 Å². The molecule has 0 saturated heterocycles. The SMILES string of the molecule is CCNCC(=O)c1c[nH]c2c(C)cccc12. The molecule has 3 nitrogen and oxygen atoms in total. The molecule has 0 spiro atoms. The van der Waals surface area contributed by atoms with Gasteiger partial charge in [-0.25, -0.2) is 0 Å². The van der Waals surface area contributed by atoms with E-state index in [0.717, 1.165) is 23.0 Å². The molecule has 84 valence electrons. The number of aryl methyl sites for hydroxylation is 1. The van der Waals surface area contributed by atoms with Gasteiger partial charge in [0.15, 0.2) is 5.78 Å². The summed E-state index contributed by atoms with van der Waals surface area (Å²) in [5.41, 5.74) is 3.00. The van der Waals surface area contributed by atoms with Crippen LogP contribution in [0, 0.1) is 6.92 Å². The van der Waals surface area contributed by atoms with Crippen LogP contribution in [0.2, 0.25) is 0 Å². The molecule has 0 saturated carbocycles. The van der Waals surface area contributed by atoms with Gasteiger partial charge in [-0.3, -0.25) is 4.79 Å². The number of carbonyl (C=O) groups excluding carboxylic acids is 1. The third-order valence-corrected chi connectivity index (χ3v) is 2.76. The first-order chi connectivity index (χ1) is 7.74. The highest BCUT2D eigenvalue weighted by atomic mass is 16.1. The zero-order chi connectivity index (χ0) is 11.5. The van der Waals surface area contributed by atoms with Crippen LogP contribution in [0.15, 0.2) is 24.4 Å². The van der Waals surface area contributed by atoms with Crippen molar-refractivity contribution in [1.29, 1.82) is 0 Å². The lowest BCUT2D eigenvalue weighted by atomic mass is 10.1. The lowest BCUT2D eigenvalue weighted by Gasteiger charge is -2.00. The minimum atomic E-state index is 0.138. The Hall–Kier alpha value is -1.61. The summed E-state index contributed by atoms with van der Waals surface area (Å²) >= 11 is 0. The second-order valence-electron chi connectivity index (χ2n) is 3.90. The standard InChI is InChI=1S/C13H16N2O/c1-3-14-8-12(16)11-7-15-13-9(2)5-4-6-10(11)13/h4-7,14-15H,3,8H2,1-2H3. The van der Waals surface area contributed by atoms with Crippen molar-refractivity contribution in [3.05, 3.63) is 35.5 Å². The van der Waals surface area contributed by atoms with Crippen LogP contribution in [0.4, 0.5) is 0 Å². The minimum absolute atomic E-state index is 0.138. The van der Waals surface area contributed by atoms with Gasteiger partial charge in [0.1, 0.15) is 0 Å². The monoisotopic (exact) mass is 216 g/mol. The molecule has 2 aromatic rings. The van der Waals surface area contributed by atoms with E-state index >= 15 is 0 Å². The number of H-pyrrole nitrogens is 1. The molecule has 0 unspecified atom stereocenters. The fourth-order valence-electron chi connectivity index (χ4n) is 1.87. The average molecular weight is 216 g/mol. The lowest BCUT2D eigenvalue weighted by molar-refractivity contribution is 0.0993. The summed E-state index contributed by atoms with van der Waals surface area (Å²) in [5, 5.41) is 4.07. The largest absolute Gasteiger partial charge is 0.360 e. The van der Waals surface area contributed by atoms with E-state index < -0.39 is 0 Å². The van der Waals surface area contributed by atoms with Crippen LogP contribution in [0.5, 0.6) is 0 Å². The topological polar surface area (TPSA) is 44.9 Å². The maximum Gasteiger partial charge on any atom is 0.178 e. The highest BCUT2D eigenvalue weighted by molar-refractivity contribution is 6.09. The Morgan fingerprint density at radius 2 is 2.25 bits per heavy atom. The third kappa shape index (κ3) is 1.86. The maximum absolute atomic E-state index is 11.9. The van der Waals surface area contributed by atoms with Gasteiger partial charge < -0.3 is 10.3 Å². The number of benzene rings is 1. The molecule has 0 aliphatic carbocycles. The van der Waals surface area contributed by atoms with Crippen molar-refractivity contribution < 1.29 is 4.79 Å². The molecule has 16 heavy (non-hydrogen) atoms. The van der Waals surface area contributed by atoms with E-state index in [1.807, 2.05) is 32.0 Å². The smallest absolute Gasteiger partial charge is 0.178 e. The molecule has 0 atom stereocenters. The Morgan fingerprint density at radius 1 is 1.44 bits per heavy atom. The molecule has 1 aromatic heterocycles. The van der Waals surface area contributed by atoms with Crippen molar-refractivity contribution in [3.63, 3.8) is 0 Å². The zero-order valence-electron chi connectivity index (χ0n) is 9.63.